The summed E-state index contributed by atoms with van der Waals surface area (Å²) in [5.41, 5.74) is 1.87. The maximum Gasteiger partial charge on any atom is 0.329 e. The lowest BCUT2D eigenvalue weighted by Crippen LogP contribution is -2.43. The SMILES string of the molecule is CCC1OCc2ccc(Oc3ccc(N4C(=O)N[C@](C)(CC)C4=O)cn3)cc21. The highest BCUT2D eigenvalue weighted by Gasteiger charge is 2.47. The van der Waals surface area contributed by atoms with E-state index in [1.54, 1.807) is 19.1 Å². The summed E-state index contributed by atoms with van der Waals surface area (Å²) in [4.78, 5) is 30.2. The molecule has 0 radical (unpaired) electrons. The summed E-state index contributed by atoms with van der Waals surface area (Å²) in [6.07, 6.45) is 3.00. The minimum absolute atomic E-state index is 0.0986. The smallest absolute Gasteiger partial charge is 0.329 e. The van der Waals surface area contributed by atoms with Crippen LogP contribution in [0.5, 0.6) is 11.6 Å². The van der Waals surface area contributed by atoms with Crippen molar-refractivity contribution < 1.29 is 19.1 Å². The molecule has 3 heterocycles. The van der Waals surface area contributed by atoms with Gasteiger partial charge < -0.3 is 14.8 Å². The maximum atomic E-state index is 12.6. The van der Waals surface area contributed by atoms with Crippen molar-refractivity contribution in [2.75, 3.05) is 4.90 Å². The number of carbonyl (C=O) groups is 2. The molecule has 146 valence electrons. The van der Waals surface area contributed by atoms with Gasteiger partial charge in [-0.2, -0.15) is 0 Å². The molecule has 3 amide bonds. The summed E-state index contributed by atoms with van der Waals surface area (Å²) in [5.74, 6) is 0.789. The van der Waals surface area contributed by atoms with Gasteiger partial charge >= 0.3 is 6.03 Å². The summed E-state index contributed by atoms with van der Waals surface area (Å²) < 4.78 is 11.6. The molecule has 2 aliphatic rings. The summed E-state index contributed by atoms with van der Waals surface area (Å²) >= 11 is 0. The van der Waals surface area contributed by atoms with Gasteiger partial charge in [-0.05, 0) is 49.1 Å². The van der Waals surface area contributed by atoms with Crippen LogP contribution in [-0.2, 0) is 16.1 Å². The quantitative estimate of drug-likeness (QED) is 0.790. The zero-order chi connectivity index (χ0) is 19.9. The Kier molecular flexibility index (Phi) is 4.55. The molecule has 0 saturated carbocycles. The molecule has 0 aliphatic carbocycles. The fourth-order valence-corrected chi connectivity index (χ4v) is 3.53. The molecule has 7 nitrogen and oxygen atoms in total. The molecule has 0 bridgehead atoms. The lowest BCUT2D eigenvalue weighted by Gasteiger charge is -2.19. The molecule has 4 rings (SSSR count). The third-order valence-electron chi connectivity index (χ3n) is 5.44. The largest absolute Gasteiger partial charge is 0.439 e. The highest BCUT2D eigenvalue weighted by atomic mass is 16.5. The van der Waals surface area contributed by atoms with Gasteiger partial charge in [-0.15, -0.1) is 0 Å². The number of benzene rings is 1. The maximum absolute atomic E-state index is 12.6. The van der Waals surface area contributed by atoms with E-state index in [9.17, 15) is 9.59 Å². The second kappa shape index (κ2) is 6.91. The first-order valence-corrected chi connectivity index (χ1v) is 9.50. The predicted molar refractivity (Wildman–Crippen MR) is 103 cm³/mol. The van der Waals surface area contributed by atoms with Crippen LogP contribution < -0.4 is 15.0 Å². The number of hydrogen-bond acceptors (Lipinski definition) is 5. The second-order valence-electron chi connectivity index (χ2n) is 7.28. The monoisotopic (exact) mass is 381 g/mol. The number of pyridine rings is 1. The number of aromatic nitrogens is 1. The third-order valence-corrected chi connectivity index (χ3v) is 5.44. The molecule has 7 heteroatoms. The molecule has 1 N–H and O–H groups in total. The second-order valence-corrected chi connectivity index (χ2v) is 7.28. The number of anilines is 1. The van der Waals surface area contributed by atoms with Gasteiger partial charge in [-0.1, -0.05) is 19.9 Å². The van der Waals surface area contributed by atoms with E-state index in [-0.39, 0.29) is 12.0 Å². The fourth-order valence-electron chi connectivity index (χ4n) is 3.53. The van der Waals surface area contributed by atoms with Crippen molar-refractivity contribution in [2.24, 2.45) is 0 Å². The molecule has 0 spiro atoms. The molecular formula is C21H23N3O4. The van der Waals surface area contributed by atoms with Gasteiger partial charge in [0.1, 0.15) is 11.3 Å². The van der Waals surface area contributed by atoms with E-state index in [0.717, 1.165) is 16.9 Å². The Labute approximate surface area is 163 Å². The molecule has 1 aromatic carbocycles. The van der Waals surface area contributed by atoms with Crippen molar-refractivity contribution in [2.45, 2.75) is 51.9 Å². The van der Waals surface area contributed by atoms with Crippen LogP contribution in [0, 0.1) is 0 Å². The van der Waals surface area contributed by atoms with Gasteiger partial charge in [0, 0.05) is 6.07 Å². The molecule has 28 heavy (non-hydrogen) atoms. The number of fused-ring (bicyclic) bond motifs is 1. The van der Waals surface area contributed by atoms with Crippen LogP contribution in [0.3, 0.4) is 0 Å². The Morgan fingerprint density at radius 2 is 2.11 bits per heavy atom. The normalized spacial score (nSPS) is 23.7. The zero-order valence-electron chi connectivity index (χ0n) is 16.2. The standard InChI is InChI=1S/C21H23N3O4/c1-4-17-16-10-15(8-6-13(16)12-27-17)28-18-9-7-14(11-22-18)24-19(25)21(3,5-2)23-20(24)26/h6-11,17H,4-5,12H2,1-3H3,(H,23,26)/t17?,21-/m1/s1. The number of nitrogens with zero attached hydrogens (tertiary/aromatic N) is 2. The number of nitrogens with one attached hydrogen (secondary N) is 1. The van der Waals surface area contributed by atoms with Crippen molar-refractivity contribution in [3.05, 3.63) is 47.7 Å². The summed E-state index contributed by atoms with van der Waals surface area (Å²) in [5, 5.41) is 2.73. The first kappa shape index (κ1) is 18.4. The summed E-state index contributed by atoms with van der Waals surface area (Å²) in [7, 11) is 0. The Morgan fingerprint density at radius 3 is 2.75 bits per heavy atom. The van der Waals surface area contributed by atoms with Gasteiger partial charge in [0.2, 0.25) is 5.88 Å². The minimum atomic E-state index is -0.880. The van der Waals surface area contributed by atoms with Crippen LogP contribution in [0.1, 0.15) is 50.8 Å². The Balaban J connectivity index is 1.52. The Bertz CT molecular complexity index is 928. The number of urea groups is 1. The lowest BCUT2D eigenvalue weighted by atomic mass is 9.99. The van der Waals surface area contributed by atoms with E-state index < -0.39 is 11.6 Å². The van der Waals surface area contributed by atoms with Crippen LogP contribution >= 0.6 is 0 Å². The van der Waals surface area contributed by atoms with Crippen LogP contribution in [0.15, 0.2) is 36.5 Å². The predicted octanol–water partition coefficient (Wildman–Crippen LogP) is 4.08. The van der Waals surface area contributed by atoms with E-state index in [0.29, 0.717) is 30.3 Å². The first-order valence-electron chi connectivity index (χ1n) is 9.50. The summed E-state index contributed by atoms with van der Waals surface area (Å²) in [6, 6.07) is 8.75. The highest BCUT2D eigenvalue weighted by Crippen LogP contribution is 2.36. The van der Waals surface area contributed by atoms with Crippen LogP contribution in [-0.4, -0.2) is 22.5 Å². The van der Waals surface area contributed by atoms with E-state index in [1.807, 2.05) is 25.1 Å². The van der Waals surface area contributed by atoms with Crippen LogP contribution in [0.25, 0.3) is 0 Å². The van der Waals surface area contributed by atoms with Crippen LogP contribution in [0.4, 0.5) is 10.5 Å². The minimum Gasteiger partial charge on any atom is -0.439 e. The fraction of sp³-hybridized carbons (Fsp3) is 0.381. The number of carbonyl (C=O) groups excluding carboxylic acids is 2. The van der Waals surface area contributed by atoms with E-state index in [2.05, 4.69) is 17.2 Å². The summed E-state index contributed by atoms with van der Waals surface area (Å²) in [6.45, 7) is 6.30. The number of hydrogen-bond donors (Lipinski definition) is 1. The van der Waals surface area contributed by atoms with E-state index >= 15 is 0 Å². The molecule has 1 unspecified atom stereocenters. The van der Waals surface area contributed by atoms with Gasteiger partial charge in [0.25, 0.3) is 5.91 Å². The van der Waals surface area contributed by atoms with Crippen molar-refractivity contribution in [1.29, 1.82) is 0 Å². The van der Waals surface area contributed by atoms with Gasteiger partial charge in [-0.25, -0.2) is 14.7 Å². The third kappa shape index (κ3) is 3.01. The van der Waals surface area contributed by atoms with Crippen LogP contribution in [0.2, 0.25) is 0 Å². The zero-order valence-corrected chi connectivity index (χ0v) is 16.2. The Morgan fingerprint density at radius 1 is 1.29 bits per heavy atom. The topological polar surface area (TPSA) is 80.8 Å². The van der Waals surface area contributed by atoms with E-state index in [4.69, 9.17) is 9.47 Å². The van der Waals surface area contributed by atoms with Gasteiger partial charge in [0.05, 0.1) is 24.6 Å². The molecule has 2 atom stereocenters. The van der Waals surface area contributed by atoms with Crippen molar-refractivity contribution in [3.63, 3.8) is 0 Å². The molecule has 1 saturated heterocycles. The van der Waals surface area contributed by atoms with Crippen molar-refractivity contribution in [3.8, 4) is 11.6 Å². The molecule has 2 aliphatic heterocycles. The number of imide groups is 1. The molecule has 1 aromatic heterocycles. The van der Waals surface area contributed by atoms with Gasteiger partial charge in [0.15, 0.2) is 0 Å². The number of rotatable bonds is 5. The lowest BCUT2D eigenvalue weighted by molar-refractivity contribution is -0.121. The first-order chi connectivity index (χ1) is 13.4. The number of ether oxygens (including phenoxy) is 2. The molecular weight excluding hydrogens is 358 g/mol. The highest BCUT2D eigenvalue weighted by molar-refractivity contribution is 6.23. The average molecular weight is 381 g/mol. The molecule has 2 aromatic rings. The average Bonchev–Trinajstić information content (AvgIpc) is 3.21. The van der Waals surface area contributed by atoms with Crippen molar-refractivity contribution in [1.82, 2.24) is 10.3 Å². The van der Waals surface area contributed by atoms with Crippen molar-refractivity contribution >= 4 is 17.6 Å². The molecule has 1 fully saturated rings. The Hall–Kier alpha value is -2.93. The number of amides is 3. The van der Waals surface area contributed by atoms with Gasteiger partial charge in [-0.3, -0.25) is 4.79 Å². The van der Waals surface area contributed by atoms with E-state index in [1.165, 1.54) is 11.8 Å².